The molecule has 3 rings (SSSR count). The molecule has 0 bridgehead atoms. The number of carbonyl (C=O) groups is 1. The summed E-state index contributed by atoms with van der Waals surface area (Å²) in [4.78, 5) is 15.0. The molecule has 0 aliphatic rings. The highest BCUT2D eigenvalue weighted by molar-refractivity contribution is 5.80. The standard InChI is InChI=1S/C13H12FN3O2/c1-16-9(3-5-12(18)19)7-17-11-6-8(14)2-4-10(11)15-13(16)17/h2,4,6-7H,3,5H2,1H3,(H,18,19). The van der Waals surface area contributed by atoms with Gasteiger partial charge >= 0.3 is 5.97 Å². The lowest BCUT2D eigenvalue weighted by Gasteiger charge is -1.99. The Bertz CT molecular complexity index is 788. The summed E-state index contributed by atoms with van der Waals surface area (Å²) in [5.41, 5.74) is 2.26. The maximum absolute atomic E-state index is 13.3. The number of halogens is 1. The van der Waals surface area contributed by atoms with Crippen LogP contribution >= 0.6 is 0 Å². The molecular formula is C13H12FN3O2. The summed E-state index contributed by atoms with van der Waals surface area (Å²) in [5.74, 6) is -0.471. The SMILES string of the molecule is Cn1c(CCC(=O)O)cn2c3cc(F)ccc3nc12. The fourth-order valence-corrected chi connectivity index (χ4v) is 2.25. The molecule has 5 nitrogen and oxygen atoms in total. The van der Waals surface area contributed by atoms with Crippen LogP contribution in [0.15, 0.2) is 24.4 Å². The first-order valence-corrected chi connectivity index (χ1v) is 5.90. The van der Waals surface area contributed by atoms with Gasteiger partial charge in [0.2, 0.25) is 5.78 Å². The fraction of sp³-hybridized carbons (Fsp3) is 0.231. The minimum atomic E-state index is -0.838. The quantitative estimate of drug-likeness (QED) is 0.784. The van der Waals surface area contributed by atoms with Crippen LogP contribution in [0, 0.1) is 5.82 Å². The second kappa shape index (κ2) is 4.08. The molecule has 0 saturated carbocycles. The lowest BCUT2D eigenvalue weighted by molar-refractivity contribution is -0.136. The molecule has 3 aromatic rings. The van der Waals surface area contributed by atoms with Crippen LogP contribution < -0.4 is 0 Å². The van der Waals surface area contributed by atoms with Gasteiger partial charge in [-0.2, -0.15) is 0 Å². The molecule has 0 saturated heterocycles. The smallest absolute Gasteiger partial charge is 0.303 e. The number of hydrogen-bond donors (Lipinski definition) is 1. The first kappa shape index (κ1) is 11.7. The molecule has 1 N–H and O–H groups in total. The number of aliphatic carboxylic acids is 1. The van der Waals surface area contributed by atoms with Crippen LogP contribution in [0.2, 0.25) is 0 Å². The van der Waals surface area contributed by atoms with Gasteiger partial charge in [0.25, 0.3) is 0 Å². The number of carboxylic acids is 1. The van der Waals surface area contributed by atoms with Crippen molar-refractivity contribution < 1.29 is 14.3 Å². The minimum Gasteiger partial charge on any atom is -0.481 e. The Morgan fingerprint density at radius 2 is 2.26 bits per heavy atom. The van der Waals surface area contributed by atoms with Crippen molar-refractivity contribution in [1.82, 2.24) is 14.0 Å². The van der Waals surface area contributed by atoms with E-state index >= 15 is 0 Å². The van der Waals surface area contributed by atoms with E-state index in [1.54, 1.807) is 10.5 Å². The number of benzene rings is 1. The third-order valence-corrected chi connectivity index (χ3v) is 3.24. The van der Waals surface area contributed by atoms with Gasteiger partial charge < -0.3 is 9.67 Å². The molecule has 1 aromatic carbocycles. The molecule has 98 valence electrons. The predicted molar refractivity (Wildman–Crippen MR) is 67.6 cm³/mol. The predicted octanol–water partition coefficient (Wildman–Crippen LogP) is 1.98. The van der Waals surface area contributed by atoms with Crippen molar-refractivity contribution in [3.05, 3.63) is 35.9 Å². The average molecular weight is 261 g/mol. The Labute approximate surface area is 107 Å². The monoisotopic (exact) mass is 261 g/mol. The van der Waals surface area contributed by atoms with Crippen LogP contribution in [0.5, 0.6) is 0 Å². The Hall–Kier alpha value is -2.37. The molecule has 0 amide bonds. The van der Waals surface area contributed by atoms with E-state index in [0.29, 0.717) is 17.7 Å². The van der Waals surface area contributed by atoms with E-state index in [9.17, 15) is 9.18 Å². The molecule has 19 heavy (non-hydrogen) atoms. The summed E-state index contributed by atoms with van der Waals surface area (Å²) in [6.07, 6.45) is 2.30. The summed E-state index contributed by atoms with van der Waals surface area (Å²) in [6.45, 7) is 0. The number of hydrogen-bond acceptors (Lipinski definition) is 2. The van der Waals surface area contributed by atoms with Crippen LogP contribution in [0.3, 0.4) is 0 Å². The van der Waals surface area contributed by atoms with Crippen LogP contribution in [-0.2, 0) is 18.3 Å². The Morgan fingerprint density at radius 1 is 1.47 bits per heavy atom. The van der Waals surface area contributed by atoms with Gasteiger partial charge in [-0.15, -0.1) is 0 Å². The third kappa shape index (κ3) is 1.85. The first-order valence-electron chi connectivity index (χ1n) is 5.90. The van der Waals surface area contributed by atoms with Crippen molar-refractivity contribution in [3.8, 4) is 0 Å². The Balaban J connectivity index is 2.15. The van der Waals surface area contributed by atoms with Crippen molar-refractivity contribution in [2.45, 2.75) is 12.8 Å². The van der Waals surface area contributed by atoms with E-state index in [1.807, 2.05) is 17.8 Å². The normalized spacial score (nSPS) is 11.5. The summed E-state index contributed by atoms with van der Waals surface area (Å²) < 4.78 is 16.9. The van der Waals surface area contributed by atoms with Gasteiger partial charge in [-0.25, -0.2) is 9.37 Å². The molecule has 2 aromatic heterocycles. The van der Waals surface area contributed by atoms with Gasteiger partial charge in [0.05, 0.1) is 17.5 Å². The highest BCUT2D eigenvalue weighted by Gasteiger charge is 2.12. The molecule has 0 spiro atoms. The topological polar surface area (TPSA) is 59.5 Å². The summed E-state index contributed by atoms with van der Waals surface area (Å²) >= 11 is 0. The number of rotatable bonds is 3. The zero-order valence-electron chi connectivity index (χ0n) is 10.3. The lowest BCUT2D eigenvalue weighted by atomic mass is 10.2. The molecule has 2 heterocycles. The van der Waals surface area contributed by atoms with Crippen molar-refractivity contribution >= 4 is 22.8 Å². The van der Waals surface area contributed by atoms with Gasteiger partial charge in [-0.05, 0) is 18.6 Å². The maximum Gasteiger partial charge on any atom is 0.303 e. The highest BCUT2D eigenvalue weighted by Crippen LogP contribution is 2.20. The largest absolute Gasteiger partial charge is 0.481 e. The summed E-state index contributed by atoms with van der Waals surface area (Å²) in [7, 11) is 1.83. The van der Waals surface area contributed by atoms with E-state index in [4.69, 9.17) is 5.11 Å². The minimum absolute atomic E-state index is 0.0628. The number of fused-ring (bicyclic) bond motifs is 3. The molecule has 0 atom stereocenters. The van der Waals surface area contributed by atoms with E-state index in [-0.39, 0.29) is 12.2 Å². The van der Waals surface area contributed by atoms with Crippen LogP contribution in [0.4, 0.5) is 4.39 Å². The van der Waals surface area contributed by atoms with E-state index < -0.39 is 5.97 Å². The fourth-order valence-electron chi connectivity index (χ4n) is 2.25. The Kier molecular flexibility index (Phi) is 2.51. The molecule has 0 unspecified atom stereocenters. The molecule has 0 fully saturated rings. The summed E-state index contributed by atoms with van der Waals surface area (Å²) in [5, 5.41) is 8.72. The number of carboxylic acid groups (broad SMARTS) is 1. The highest BCUT2D eigenvalue weighted by atomic mass is 19.1. The summed E-state index contributed by atoms with van der Waals surface area (Å²) in [6, 6.07) is 4.44. The second-order valence-electron chi connectivity index (χ2n) is 4.49. The van der Waals surface area contributed by atoms with Crippen molar-refractivity contribution in [2.75, 3.05) is 0 Å². The molecular weight excluding hydrogens is 249 g/mol. The molecule has 0 aliphatic heterocycles. The second-order valence-corrected chi connectivity index (χ2v) is 4.49. The third-order valence-electron chi connectivity index (χ3n) is 3.24. The first-order chi connectivity index (χ1) is 9.06. The lowest BCUT2D eigenvalue weighted by Crippen LogP contribution is -2.02. The zero-order valence-corrected chi connectivity index (χ0v) is 10.3. The van der Waals surface area contributed by atoms with Gasteiger partial charge in [0, 0.05) is 25.0 Å². The zero-order chi connectivity index (χ0) is 13.6. The number of imidazole rings is 2. The number of aryl methyl sites for hydroxylation is 2. The number of aromatic nitrogens is 3. The van der Waals surface area contributed by atoms with Crippen LogP contribution in [0.1, 0.15) is 12.1 Å². The van der Waals surface area contributed by atoms with Crippen molar-refractivity contribution in [3.63, 3.8) is 0 Å². The molecule has 0 radical (unpaired) electrons. The molecule has 6 heteroatoms. The van der Waals surface area contributed by atoms with Gasteiger partial charge in [0.15, 0.2) is 0 Å². The van der Waals surface area contributed by atoms with Crippen molar-refractivity contribution in [1.29, 1.82) is 0 Å². The van der Waals surface area contributed by atoms with Crippen molar-refractivity contribution in [2.24, 2.45) is 7.05 Å². The van der Waals surface area contributed by atoms with E-state index in [2.05, 4.69) is 4.98 Å². The van der Waals surface area contributed by atoms with E-state index in [1.165, 1.54) is 12.1 Å². The maximum atomic E-state index is 13.3. The van der Waals surface area contributed by atoms with Gasteiger partial charge in [0.1, 0.15) is 5.82 Å². The van der Waals surface area contributed by atoms with Gasteiger partial charge in [-0.1, -0.05) is 0 Å². The van der Waals surface area contributed by atoms with Crippen LogP contribution in [0.25, 0.3) is 16.8 Å². The number of nitrogens with zero attached hydrogens (tertiary/aromatic N) is 3. The van der Waals surface area contributed by atoms with Crippen LogP contribution in [-0.4, -0.2) is 25.0 Å². The average Bonchev–Trinajstić information content (AvgIpc) is 2.85. The van der Waals surface area contributed by atoms with Gasteiger partial charge in [-0.3, -0.25) is 9.20 Å². The Morgan fingerprint density at radius 3 is 3.00 bits per heavy atom. The van der Waals surface area contributed by atoms with E-state index in [0.717, 1.165) is 11.2 Å². The molecule has 0 aliphatic carbocycles.